The minimum absolute atomic E-state index is 0.0385. The monoisotopic (exact) mass is 853 g/mol. The van der Waals surface area contributed by atoms with E-state index < -0.39 is 77.7 Å². The molecule has 0 saturated carbocycles. The topological polar surface area (TPSA) is 277 Å². The molecule has 0 unspecified atom stereocenters. The van der Waals surface area contributed by atoms with Crippen LogP contribution in [0.1, 0.15) is 69.1 Å². The van der Waals surface area contributed by atoms with Crippen LogP contribution in [0.2, 0.25) is 0 Å². The lowest BCUT2D eigenvalue weighted by atomic mass is 9.96. The van der Waals surface area contributed by atoms with Gasteiger partial charge in [-0.15, -0.1) is 0 Å². The molecular weight excluding hydrogens is 791 g/mol. The normalized spacial score (nSPS) is 14.6. The number of carboxylic acids is 1. The van der Waals surface area contributed by atoms with Gasteiger partial charge in [0.25, 0.3) is 0 Å². The first-order chi connectivity index (χ1) is 29.8. The maximum Gasteiger partial charge on any atom is 0.326 e. The number of carbonyl (C=O) groups is 6. The van der Waals surface area contributed by atoms with E-state index in [2.05, 4.69) is 31.6 Å². The van der Waals surface area contributed by atoms with E-state index in [1.165, 1.54) is 0 Å². The van der Waals surface area contributed by atoms with Crippen molar-refractivity contribution < 1.29 is 33.9 Å². The molecule has 1 aromatic heterocycles. The average molecular weight is 854 g/mol. The van der Waals surface area contributed by atoms with Crippen molar-refractivity contribution in [2.75, 3.05) is 13.1 Å². The summed E-state index contributed by atoms with van der Waals surface area (Å²) in [5.74, 6) is -4.89. The molecule has 0 radical (unpaired) electrons. The lowest BCUT2D eigenvalue weighted by Gasteiger charge is -2.29. The third-order valence-corrected chi connectivity index (χ3v) is 11.0. The van der Waals surface area contributed by atoms with E-state index in [-0.39, 0.29) is 25.7 Å². The summed E-state index contributed by atoms with van der Waals surface area (Å²) >= 11 is 0. The van der Waals surface area contributed by atoms with Crippen molar-refractivity contribution in [1.29, 1.82) is 0 Å². The fourth-order valence-electron chi connectivity index (χ4n) is 7.11. The van der Waals surface area contributed by atoms with Gasteiger partial charge in [0.2, 0.25) is 29.5 Å². The zero-order valence-corrected chi connectivity index (χ0v) is 35.6. The van der Waals surface area contributed by atoms with E-state index in [9.17, 15) is 33.9 Å². The molecular formula is C46H63N9O7. The Morgan fingerprint density at radius 2 is 1.10 bits per heavy atom. The van der Waals surface area contributed by atoms with Crippen LogP contribution in [0.5, 0.6) is 0 Å². The number of aromatic nitrogens is 1. The molecule has 7 atom stereocenters. The summed E-state index contributed by atoms with van der Waals surface area (Å²) < 4.78 is 0. The van der Waals surface area contributed by atoms with Gasteiger partial charge in [0.15, 0.2) is 0 Å². The maximum absolute atomic E-state index is 14.5. The molecule has 4 rings (SSSR count). The molecule has 4 aromatic rings. The average Bonchev–Trinajstić information content (AvgIpc) is 3.68. The summed E-state index contributed by atoms with van der Waals surface area (Å²) in [5.41, 5.74) is 20.5. The van der Waals surface area contributed by atoms with Crippen molar-refractivity contribution in [1.82, 2.24) is 31.6 Å². The number of carboxylic acid groups (broad SMARTS) is 1. The summed E-state index contributed by atoms with van der Waals surface area (Å²) in [7, 11) is 0. The Morgan fingerprint density at radius 1 is 0.597 bits per heavy atom. The van der Waals surface area contributed by atoms with Crippen LogP contribution in [0, 0.1) is 5.92 Å². The van der Waals surface area contributed by atoms with Crippen LogP contribution in [-0.2, 0) is 48.0 Å². The Hall–Kier alpha value is -6.10. The minimum Gasteiger partial charge on any atom is -0.480 e. The number of aliphatic carboxylic acids is 1. The first kappa shape index (κ1) is 48.6. The molecule has 1 heterocycles. The van der Waals surface area contributed by atoms with Gasteiger partial charge in [-0.05, 0) is 73.9 Å². The number of nitrogens with two attached hydrogens (primary N) is 3. The highest BCUT2D eigenvalue weighted by molar-refractivity contribution is 5.97. The summed E-state index contributed by atoms with van der Waals surface area (Å²) in [6.07, 6.45) is 4.40. The number of aromatic amines is 1. The summed E-state index contributed by atoms with van der Waals surface area (Å²) in [4.78, 5) is 85.5. The molecule has 62 heavy (non-hydrogen) atoms. The highest BCUT2D eigenvalue weighted by atomic mass is 16.4. The number of nitrogens with one attached hydrogen (secondary N) is 6. The molecule has 0 aliphatic heterocycles. The van der Waals surface area contributed by atoms with Crippen molar-refractivity contribution in [2.24, 2.45) is 23.1 Å². The van der Waals surface area contributed by atoms with Crippen molar-refractivity contribution in [2.45, 2.75) is 108 Å². The number of hydrogen-bond acceptors (Lipinski definition) is 9. The molecule has 5 amide bonds. The Bertz CT molecular complexity index is 2060. The molecule has 16 heteroatoms. The van der Waals surface area contributed by atoms with Gasteiger partial charge in [-0.2, -0.15) is 0 Å². The SMILES string of the molecule is CC[C@H](C)[C@H](NC(=O)[C@@H](Cc1ccccc1)NC(=O)[C@@H](Cc1c[nH]c2ccccc12)NC(=O)[C@@H](N)CCCN)C(=O)N[C@H](Cc1ccccc1)C(=O)N[C@H](CCCCN)C(=O)O. The molecule has 3 aromatic carbocycles. The van der Waals surface area contributed by atoms with Gasteiger partial charge in [-0.1, -0.05) is 99.1 Å². The molecule has 0 saturated heterocycles. The standard InChI is InChI=1S/C46H63N9O7/c1-3-29(2)40(45(60)54-37(25-30-15-6-4-7-16-30)42(57)51-36(46(61)62)22-12-13-23-47)55-44(59)38(26-31-17-8-5-9-18-31)53-43(58)39(52-41(56)34(49)20-14-24-48)27-32-28-50-35-21-11-10-19-33(32)35/h4-11,15-19,21,28-29,34,36-40,50H,3,12-14,20,22-27,47-49H2,1-2H3,(H,51,57)(H,52,56)(H,53,58)(H,54,60)(H,55,59)(H,61,62)/t29-,34-,36+,37+,38+,39+,40-/m0/s1. The van der Waals surface area contributed by atoms with E-state index >= 15 is 0 Å². The Balaban J connectivity index is 1.62. The first-order valence-electron chi connectivity index (χ1n) is 21.4. The third kappa shape index (κ3) is 14.8. The van der Waals surface area contributed by atoms with E-state index in [4.69, 9.17) is 17.2 Å². The molecule has 0 fully saturated rings. The number of amides is 5. The zero-order valence-electron chi connectivity index (χ0n) is 35.6. The molecule has 16 nitrogen and oxygen atoms in total. The number of H-pyrrole nitrogens is 1. The molecule has 0 spiro atoms. The molecule has 334 valence electrons. The molecule has 0 bridgehead atoms. The number of carbonyl (C=O) groups excluding carboxylic acids is 5. The second kappa shape index (κ2) is 25.0. The van der Waals surface area contributed by atoms with Gasteiger partial charge in [0, 0.05) is 36.4 Å². The molecule has 13 N–H and O–H groups in total. The zero-order chi connectivity index (χ0) is 45.0. The fraction of sp³-hybridized carbons (Fsp3) is 0.435. The van der Waals surface area contributed by atoms with Crippen LogP contribution in [0.4, 0.5) is 0 Å². The Labute approximate surface area is 362 Å². The summed E-state index contributed by atoms with van der Waals surface area (Å²) in [6.45, 7) is 4.34. The molecule has 0 aliphatic rings. The number of fused-ring (bicyclic) bond motifs is 1. The predicted molar refractivity (Wildman–Crippen MR) is 238 cm³/mol. The van der Waals surface area contributed by atoms with Crippen LogP contribution in [-0.4, -0.2) is 94.9 Å². The second-order valence-corrected chi connectivity index (χ2v) is 15.7. The predicted octanol–water partition coefficient (Wildman–Crippen LogP) is 1.95. The van der Waals surface area contributed by atoms with Gasteiger partial charge in [-0.3, -0.25) is 24.0 Å². The van der Waals surface area contributed by atoms with Crippen LogP contribution >= 0.6 is 0 Å². The molecule has 0 aliphatic carbocycles. The number of rotatable bonds is 26. The second-order valence-electron chi connectivity index (χ2n) is 15.7. The fourth-order valence-corrected chi connectivity index (χ4v) is 7.11. The van der Waals surface area contributed by atoms with Gasteiger partial charge in [0.1, 0.15) is 30.2 Å². The maximum atomic E-state index is 14.5. The number of unbranched alkanes of at least 4 members (excludes halogenated alkanes) is 1. The van der Waals surface area contributed by atoms with E-state index in [1.807, 2.05) is 43.3 Å². The van der Waals surface area contributed by atoms with E-state index in [1.54, 1.807) is 61.7 Å². The highest BCUT2D eigenvalue weighted by Gasteiger charge is 2.35. The van der Waals surface area contributed by atoms with Crippen LogP contribution in [0.15, 0.2) is 91.1 Å². The number of hydrogen-bond donors (Lipinski definition) is 10. The van der Waals surface area contributed by atoms with Crippen molar-refractivity contribution in [3.8, 4) is 0 Å². The van der Waals surface area contributed by atoms with Crippen LogP contribution < -0.4 is 43.8 Å². The largest absolute Gasteiger partial charge is 0.480 e. The van der Waals surface area contributed by atoms with Crippen molar-refractivity contribution in [3.05, 3.63) is 108 Å². The first-order valence-corrected chi connectivity index (χ1v) is 21.4. The minimum atomic E-state index is -1.22. The van der Waals surface area contributed by atoms with Crippen LogP contribution in [0.25, 0.3) is 10.9 Å². The van der Waals surface area contributed by atoms with Gasteiger partial charge >= 0.3 is 5.97 Å². The Morgan fingerprint density at radius 3 is 1.66 bits per heavy atom. The lowest BCUT2D eigenvalue weighted by Crippen LogP contribution is -2.61. The Kier molecular flexibility index (Phi) is 19.6. The van der Waals surface area contributed by atoms with Gasteiger partial charge in [-0.25, -0.2) is 4.79 Å². The van der Waals surface area contributed by atoms with E-state index in [0.717, 1.165) is 22.0 Å². The van der Waals surface area contributed by atoms with Crippen molar-refractivity contribution >= 4 is 46.4 Å². The van der Waals surface area contributed by atoms with Gasteiger partial charge < -0.3 is 53.9 Å². The lowest BCUT2D eigenvalue weighted by molar-refractivity contribution is -0.142. The number of para-hydroxylation sites is 1. The summed E-state index contributed by atoms with van der Waals surface area (Å²) in [5, 5.41) is 24.6. The smallest absolute Gasteiger partial charge is 0.326 e. The van der Waals surface area contributed by atoms with Crippen molar-refractivity contribution in [3.63, 3.8) is 0 Å². The van der Waals surface area contributed by atoms with E-state index in [0.29, 0.717) is 50.8 Å². The number of benzene rings is 3. The van der Waals surface area contributed by atoms with Gasteiger partial charge in [0.05, 0.1) is 6.04 Å². The summed E-state index contributed by atoms with van der Waals surface area (Å²) in [6, 6.07) is 18.7. The third-order valence-electron chi connectivity index (χ3n) is 11.0. The highest BCUT2D eigenvalue weighted by Crippen LogP contribution is 2.20. The van der Waals surface area contributed by atoms with Crippen LogP contribution in [0.3, 0.4) is 0 Å². The quantitative estimate of drug-likeness (QED) is 0.0410.